The van der Waals surface area contributed by atoms with Crippen LogP contribution in [0.1, 0.15) is 20.8 Å². The van der Waals surface area contributed by atoms with Crippen LogP contribution in [-0.4, -0.2) is 17.2 Å². The molecule has 0 saturated heterocycles. The van der Waals surface area contributed by atoms with Gasteiger partial charge in [-0.3, -0.25) is 0 Å². The fourth-order valence-corrected chi connectivity index (χ4v) is 1.07. The number of carboxylic acid groups (broad SMARTS) is 1. The minimum absolute atomic E-state index is 0.403. The fraction of sp³-hybridized carbons (Fsp3) is 0.667. The zero-order chi connectivity index (χ0) is 9.94. The van der Waals surface area contributed by atoms with Crippen molar-refractivity contribution >= 4 is 5.97 Å². The molecule has 0 bridgehead atoms. The van der Waals surface area contributed by atoms with E-state index in [1.54, 1.807) is 20.8 Å². The number of aliphatic carboxylic acids is 1. The summed E-state index contributed by atoms with van der Waals surface area (Å²) in [4.78, 5) is 10.3. The van der Waals surface area contributed by atoms with Crippen LogP contribution in [0.2, 0.25) is 0 Å². The molecule has 0 aliphatic rings. The molecule has 0 aliphatic heterocycles. The average molecular weight is 174 g/mol. The first-order valence-electron chi connectivity index (χ1n) is 3.80. The SMILES string of the molecule is C=C[C@@H]([C@@H](F)C(=O)O)C(C)(C)C. The van der Waals surface area contributed by atoms with Crippen molar-refractivity contribution in [2.75, 3.05) is 0 Å². The first-order valence-corrected chi connectivity index (χ1v) is 3.80. The van der Waals surface area contributed by atoms with Crippen LogP contribution in [0.4, 0.5) is 4.39 Å². The van der Waals surface area contributed by atoms with Crippen LogP contribution in [0.15, 0.2) is 12.7 Å². The second-order valence-corrected chi connectivity index (χ2v) is 3.87. The maximum Gasteiger partial charge on any atom is 0.338 e. The Kier molecular flexibility index (Phi) is 3.43. The lowest BCUT2D eigenvalue weighted by molar-refractivity contribution is -0.145. The van der Waals surface area contributed by atoms with Crippen molar-refractivity contribution in [1.29, 1.82) is 0 Å². The van der Waals surface area contributed by atoms with E-state index >= 15 is 0 Å². The summed E-state index contributed by atoms with van der Waals surface area (Å²) in [7, 11) is 0. The Bertz CT molecular complexity index is 181. The molecule has 0 fully saturated rings. The summed E-state index contributed by atoms with van der Waals surface area (Å²) < 4.78 is 13.0. The van der Waals surface area contributed by atoms with Gasteiger partial charge in [-0.25, -0.2) is 9.18 Å². The number of carbonyl (C=O) groups is 1. The van der Waals surface area contributed by atoms with Gasteiger partial charge >= 0.3 is 5.97 Å². The largest absolute Gasteiger partial charge is 0.479 e. The topological polar surface area (TPSA) is 37.3 Å². The van der Waals surface area contributed by atoms with E-state index in [-0.39, 0.29) is 0 Å². The van der Waals surface area contributed by atoms with E-state index in [0.29, 0.717) is 0 Å². The molecule has 0 aromatic rings. The number of carboxylic acids is 1. The normalized spacial score (nSPS) is 16.7. The highest BCUT2D eigenvalue weighted by atomic mass is 19.1. The Balaban J connectivity index is 4.57. The average Bonchev–Trinajstić information content (AvgIpc) is 1.85. The van der Waals surface area contributed by atoms with Gasteiger partial charge in [-0.2, -0.15) is 0 Å². The van der Waals surface area contributed by atoms with Crippen LogP contribution < -0.4 is 0 Å². The standard InChI is InChI=1S/C9H15FO2/c1-5-6(9(2,3)4)7(10)8(11)12/h5-7H,1H2,2-4H3,(H,11,12)/t6-,7+/m0/s1. The molecule has 0 saturated carbocycles. The minimum atomic E-state index is -1.86. The molecular formula is C9H15FO2. The zero-order valence-corrected chi connectivity index (χ0v) is 7.67. The zero-order valence-electron chi connectivity index (χ0n) is 7.67. The molecule has 0 radical (unpaired) electrons. The predicted octanol–water partition coefficient (Wildman–Crippen LogP) is 2.26. The minimum Gasteiger partial charge on any atom is -0.479 e. The Hall–Kier alpha value is -0.860. The molecule has 0 spiro atoms. The first-order chi connectivity index (χ1) is 5.30. The highest BCUT2D eigenvalue weighted by Gasteiger charge is 2.34. The highest BCUT2D eigenvalue weighted by Crippen LogP contribution is 2.31. The number of allylic oxidation sites excluding steroid dienone is 1. The predicted molar refractivity (Wildman–Crippen MR) is 45.7 cm³/mol. The van der Waals surface area contributed by atoms with Gasteiger partial charge in [0.1, 0.15) is 0 Å². The quantitative estimate of drug-likeness (QED) is 0.666. The van der Waals surface area contributed by atoms with Gasteiger partial charge in [0.15, 0.2) is 0 Å². The van der Waals surface area contributed by atoms with Gasteiger partial charge in [-0.05, 0) is 5.41 Å². The second kappa shape index (κ2) is 3.70. The lowest BCUT2D eigenvalue weighted by Gasteiger charge is -2.28. The van der Waals surface area contributed by atoms with Crippen molar-refractivity contribution in [3.05, 3.63) is 12.7 Å². The van der Waals surface area contributed by atoms with Gasteiger partial charge in [-0.15, -0.1) is 6.58 Å². The van der Waals surface area contributed by atoms with Gasteiger partial charge in [0.2, 0.25) is 6.17 Å². The maximum atomic E-state index is 13.0. The molecule has 12 heavy (non-hydrogen) atoms. The summed E-state index contributed by atoms with van der Waals surface area (Å²) in [5.41, 5.74) is -0.403. The molecule has 2 atom stereocenters. The lowest BCUT2D eigenvalue weighted by atomic mass is 9.78. The summed E-state index contributed by atoms with van der Waals surface area (Å²) in [6.07, 6.45) is -0.499. The molecule has 0 aliphatic carbocycles. The van der Waals surface area contributed by atoms with Crippen LogP contribution >= 0.6 is 0 Å². The van der Waals surface area contributed by atoms with Crippen molar-refractivity contribution in [3.63, 3.8) is 0 Å². The second-order valence-electron chi connectivity index (χ2n) is 3.87. The van der Waals surface area contributed by atoms with E-state index in [2.05, 4.69) is 6.58 Å². The van der Waals surface area contributed by atoms with Crippen LogP contribution in [0, 0.1) is 11.3 Å². The van der Waals surface area contributed by atoms with Crippen LogP contribution in [-0.2, 0) is 4.79 Å². The molecule has 0 amide bonds. The van der Waals surface area contributed by atoms with Gasteiger partial charge in [-0.1, -0.05) is 26.8 Å². The first kappa shape index (κ1) is 11.1. The summed E-state index contributed by atoms with van der Waals surface area (Å²) in [5, 5.41) is 8.42. The Labute approximate surface area is 72.1 Å². The summed E-state index contributed by atoms with van der Waals surface area (Å²) in [6, 6.07) is 0. The third kappa shape index (κ3) is 2.64. The van der Waals surface area contributed by atoms with E-state index in [1.165, 1.54) is 6.08 Å². The lowest BCUT2D eigenvalue weighted by Crippen LogP contribution is -2.33. The molecule has 0 rings (SSSR count). The number of hydrogen-bond donors (Lipinski definition) is 1. The fourth-order valence-electron chi connectivity index (χ4n) is 1.07. The van der Waals surface area contributed by atoms with E-state index in [4.69, 9.17) is 5.11 Å². The van der Waals surface area contributed by atoms with Gasteiger partial charge < -0.3 is 5.11 Å². The summed E-state index contributed by atoms with van der Waals surface area (Å²) >= 11 is 0. The summed E-state index contributed by atoms with van der Waals surface area (Å²) in [5.74, 6) is -2.06. The third-order valence-electron chi connectivity index (χ3n) is 1.81. The van der Waals surface area contributed by atoms with Crippen molar-refractivity contribution < 1.29 is 14.3 Å². The molecular weight excluding hydrogens is 159 g/mol. The van der Waals surface area contributed by atoms with Gasteiger partial charge in [0.25, 0.3) is 0 Å². The molecule has 3 heteroatoms. The van der Waals surface area contributed by atoms with E-state index in [0.717, 1.165) is 0 Å². The molecule has 0 heterocycles. The smallest absolute Gasteiger partial charge is 0.338 e. The van der Waals surface area contributed by atoms with Crippen LogP contribution in [0.25, 0.3) is 0 Å². The van der Waals surface area contributed by atoms with Crippen molar-refractivity contribution in [2.24, 2.45) is 11.3 Å². The molecule has 1 N–H and O–H groups in total. The van der Waals surface area contributed by atoms with Crippen molar-refractivity contribution in [3.8, 4) is 0 Å². The van der Waals surface area contributed by atoms with Gasteiger partial charge in [0, 0.05) is 5.92 Å². The maximum absolute atomic E-state index is 13.0. The van der Waals surface area contributed by atoms with Gasteiger partial charge in [0.05, 0.1) is 0 Å². The molecule has 0 unspecified atom stereocenters. The number of rotatable bonds is 3. The van der Waals surface area contributed by atoms with E-state index in [9.17, 15) is 9.18 Å². The monoisotopic (exact) mass is 174 g/mol. The van der Waals surface area contributed by atoms with Crippen LogP contribution in [0.5, 0.6) is 0 Å². The Morgan fingerprint density at radius 3 is 2.08 bits per heavy atom. The molecule has 0 aromatic carbocycles. The highest BCUT2D eigenvalue weighted by molar-refractivity contribution is 5.73. The molecule has 70 valence electrons. The third-order valence-corrected chi connectivity index (χ3v) is 1.81. The number of halogens is 1. The molecule has 2 nitrogen and oxygen atoms in total. The summed E-state index contributed by atoms with van der Waals surface area (Å²) in [6.45, 7) is 8.79. The van der Waals surface area contributed by atoms with Crippen molar-refractivity contribution in [1.82, 2.24) is 0 Å². The molecule has 0 aromatic heterocycles. The van der Waals surface area contributed by atoms with Crippen molar-refractivity contribution in [2.45, 2.75) is 26.9 Å². The number of hydrogen-bond acceptors (Lipinski definition) is 1. The number of alkyl halides is 1. The van der Waals surface area contributed by atoms with E-state index < -0.39 is 23.5 Å². The Morgan fingerprint density at radius 1 is 1.58 bits per heavy atom. The Morgan fingerprint density at radius 2 is 2.00 bits per heavy atom. The van der Waals surface area contributed by atoms with Crippen LogP contribution in [0.3, 0.4) is 0 Å². The van der Waals surface area contributed by atoms with E-state index in [1.807, 2.05) is 0 Å².